The Labute approximate surface area is 106 Å². The van der Waals surface area contributed by atoms with Crippen LogP contribution in [0.2, 0.25) is 0 Å². The van der Waals surface area contributed by atoms with E-state index in [0.717, 1.165) is 6.54 Å². The van der Waals surface area contributed by atoms with Gasteiger partial charge in [-0.05, 0) is 0 Å². The van der Waals surface area contributed by atoms with E-state index < -0.39 is 5.97 Å². The Kier molecular flexibility index (Phi) is 4.51. The highest BCUT2D eigenvalue weighted by Gasteiger charge is 2.29. The van der Waals surface area contributed by atoms with Gasteiger partial charge in [-0.1, -0.05) is 0 Å². The van der Waals surface area contributed by atoms with Gasteiger partial charge in [0.15, 0.2) is 0 Å². The van der Waals surface area contributed by atoms with Gasteiger partial charge in [0, 0.05) is 39.3 Å². The lowest BCUT2D eigenvalue weighted by atomic mass is 10.2. The van der Waals surface area contributed by atoms with Gasteiger partial charge in [0.05, 0.1) is 13.2 Å². The summed E-state index contributed by atoms with van der Waals surface area (Å²) in [5.74, 6) is -0.813. The minimum Gasteiger partial charge on any atom is -0.480 e. The Hall–Kier alpha value is -1.18. The number of hydrogen-bond donors (Lipinski definition) is 2. The predicted octanol–water partition coefficient (Wildman–Crippen LogP) is -1.80. The van der Waals surface area contributed by atoms with Gasteiger partial charge in [0.2, 0.25) is 0 Å². The van der Waals surface area contributed by atoms with E-state index in [0.29, 0.717) is 39.3 Å². The number of aliphatic carboxylic acids is 1. The number of rotatable bonds is 3. The van der Waals surface area contributed by atoms with Crippen molar-refractivity contribution in [2.24, 2.45) is 0 Å². The molecular formula is C11H19N3O4. The molecule has 0 saturated carbocycles. The number of carboxylic acids is 1. The zero-order valence-electron chi connectivity index (χ0n) is 10.3. The quantitative estimate of drug-likeness (QED) is 0.621. The summed E-state index contributed by atoms with van der Waals surface area (Å²) in [6.07, 6.45) is -0.384. The van der Waals surface area contributed by atoms with E-state index in [1.165, 1.54) is 0 Å². The molecule has 1 unspecified atom stereocenters. The summed E-state index contributed by atoms with van der Waals surface area (Å²) < 4.78 is 5.42. The molecule has 2 saturated heterocycles. The SMILES string of the molecule is O=C(O)CN1CCN(C(=O)C2CNCCO2)CC1. The van der Waals surface area contributed by atoms with Crippen LogP contribution in [0.1, 0.15) is 0 Å². The van der Waals surface area contributed by atoms with Gasteiger partial charge in [0.1, 0.15) is 6.10 Å². The number of piperazine rings is 1. The Bertz CT molecular complexity index is 309. The van der Waals surface area contributed by atoms with Crippen LogP contribution in [0.15, 0.2) is 0 Å². The molecule has 2 aliphatic heterocycles. The van der Waals surface area contributed by atoms with Crippen molar-refractivity contribution < 1.29 is 19.4 Å². The standard InChI is InChI=1S/C11H19N3O4/c15-10(16)8-13-2-4-14(5-3-13)11(17)9-7-12-1-6-18-9/h9,12H,1-8H2,(H,15,16). The molecule has 2 fully saturated rings. The Morgan fingerprint density at radius 2 is 2.00 bits per heavy atom. The van der Waals surface area contributed by atoms with Gasteiger partial charge in [-0.25, -0.2) is 0 Å². The van der Waals surface area contributed by atoms with E-state index >= 15 is 0 Å². The summed E-state index contributed by atoms with van der Waals surface area (Å²) in [7, 11) is 0. The minimum atomic E-state index is -0.824. The zero-order chi connectivity index (χ0) is 13.0. The van der Waals surface area contributed by atoms with Crippen molar-refractivity contribution in [1.82, 2.24) is 15.1 Å². The van der Waals surface area contributed by atoms with E-state index in [9.17, 15) is 9.59 Å². The van der Waals surface area contributed by atoms with Crippen LogP contribution in [0.3, 0.4) is 0 Å². The molecule has 18 heavy (non-hydrogen) atoms. The highest BCUT2D eigenvalue weighted by molar-refractivity contribution is 5.81. The summed E-state index contributed by atoms with van der Waals surface area (Å²) >= 11 is 0. The largest absolute Gasteiger partial charge is 0.480 e. The van der Waals surface area contributed by atoms with Gasteiger partial charge < -0.3 is 20.1 Å². The van der Waals surface area contributed by atoms with E-state index in [2.05, 4.69) is 5.32 Å². The van der Waals surface area contributed by atoms with E-state index in [-0.39, 0.29) is 18.6 Å². The normalized spacial score (nSPS) is 26.0. The average molecular weight is 257 g/mol. The van der Waals surface area contributed by atoms with Crippen molar-refractivity contribution in [3.05, 3.63) is 0 Å². The maximum atomic E-state index is 12.1. The second kappa shape index (κ2) is 6.12. The van der Waals surface area contributed by atoms with Crippen molar-refractivity contribution in [2.45, 2.75) is 6.10 Å². The molecule has 2 heterocycles. The number of ether oxygens (including phenoxy) is 1. The smallest absolute Gasteiger partial charge is 0.317 e. The Morgan fingerprint density at radius 1 is 1.28 bits per heavy atom. The second-order valence-corrected chi connectivity index (χ2v) is 4.56. The van der Waals surface area contributed by atoms with Crippen LogP contribution in [-0.4, -0.2) is 85.3 Å². The van der Waals surface area contributed by atoms with Gasteiger partial charge >= 0.3 is 5.97 Å². The zero-order valence-corrected chi connectivity index (χ0v) is 10.3. The van der Waals surface area contributed by atoms with Crippen LogP contribution in [0.4, 0.5) is 0 Å². The number of carboxylic acid groups (broad SMARTS) is 1. The lowest BCUT2D eigenvalue weighted by molar-refractivity contribution is -0.147. The van der Waals surface area contributed by atoms with E-state index in [4.69, 9.17) is 9.84 Å². The molecule has 1 atom stereocenters. The first-order chi connectivity index (χ1) is 8.66. The van der Waals surface area contributed by atoms with Crippen molar-refractivity contribution in [1.29, 1.82) is 0 Å². The van der Waals surface area contributed by atoms with Crippen LogP contribution in [0, 0.1) is 0 Å². The van der Waals surface area contributed by atoms with Crippen LogP contribution in [-0.2, 0) is 14.3 Å². The minimum absolute atomic E-state index is 0.0113. The number of nitrogens with one attached hydrogen (secondary N) is 1. The summed E-state index contributed by atoms with van der Waals surface area (Å²) in [5.41, 5.74) is 0. The van der Waals surface area contributed by atoms with E-state index in [1.807, 2.05) is 4.90 Å². The third kappa shape index (κ3) is 3.41. The number of carbonyl (C=O) groups is 2. The maximum absolute atomic E-state index is 12.1. The summed E-state index contributed by atoms with van der Waals surface area (Å²) in [4.78, 5) is 26.3. The molecule has 0 radical (unpaired) electrons. The van der Waals surface area contributed by atoms with Gasteiger partial charge in [-0.2, -0.15) is 0 Å². The van der Waals surface area contributed by atoms with Crippen LogP contribution < -0.4 is 5.32 Å². The van der Waals surface area contributed by atoms with Crippen LogP contribution in [0.5, 0.6) is 0 Å². The second-order valence-electron chi connectivity index (χ2n) is 4.56. The fourth-order valence-electron chi connectivity index (χ4n) is 2.25. The highest BCUT2D eigenvalue weighted by atomic mass is 16.5. The van der Waals surface area contributed by atoms with Crippen molar-refractivity contribution in [3.8, 4) is 0 Å². The summed E-state index contributed by atoms with van der Waals surface area (Å²) in [5, 5.41) is 11.8. The Morgan fingerprint density at radius 3 is 2.56 bits per heavy atom. The van der Waals surface area contributed by atoms with Gasteiger partial charge in [0.25, 0.3) is 5.91 Å². The lowest BCUT2D eigenvalue weighted by Gasteiger charge is -2.36. The van der Waals surface area contributed by atoms with Gasteiger partial charge in [-0.3, -0.25) is 14.5 Å². The monoisotopic (exact) mass is 257 g/mol. The topological polar surface area (TPSA) is 82.1 Å². The van der Waals surface area contributed by atoms with Crippen molar-refractivity contribution in [3.63, 3.8) is 0 Å². The molecule has 0 aliphatic carbocycles. The molecule has 0 aromatic heterocycles. The summed E-state index contributed by atoms with van der Waals surface area (Å²) in [6, 6.07) is 0. The first kappa shape index (κ1) is 13.3. The molecule has 2 rings (SSSR count). The Balaban J connectivity index is 1.78. The van der Waals surface area contributed by atoms with Crippen LogP contribution >= 0.6 is 0 Å². The van der Waals surface area contributed by atoms with Crippen molar-refractivity contribution >= 4 is 11.9 Å². The molecular weight excluding hydrogens is 238 g/mol. The maximum Gasteiger partial charge on any atom is 0.317 e. The lowest BCUT2D eigenvalue weighted by Crippen LogP contribution is -2.55. The van der Waals surface area contributed by atoms with Crippen LogP contribution in [0.25, 0.3) is 0 Å². The van der Waals surface area contributed by atoms with E-state index in [1.54, 1.807) is 4.90 Å². The average Bonchev–Trinajstić information content (AvgIpc) is 2.39. The first-order valence-electron chi connectivity index (χ1n) is 6.22. The summed E-state index contributed by atoms with van der Waals surface area (Å²) in [6.45, 7) is 4.33. The van der Waals surface area contributed by atoms with Crippen molar-refractivity contribution in [2.75, 3.05) is 52.4 Å². The molecule has 0 aromatic carbocycles. The fourth-order valence-corrected chi connectivity index (χ4v) is 2.25. The molecule has 1 amide bonds. The highest BCUT2D eigenvalue weighted by Crippen LogP contribution is 2.07. The van der Waals surface area contributed by atoms with Gasteiger partial charge in [-0.15, -0.1) is 0 Å². The fraction of sp³-hybridized carbons (Fsp3) is 0.818. The third-order valence-corrected chi connectivity index (χ3v) is 3.25. The molecule has 7 nitrogen and oxygen atoms in total. The number of nitrogens with zero attached hydrogens (tertiary/aromatic N) is 2. The third-order valence-electron chi connectivity index (χ3n) is 3.25. The molecule has 0 spiro atoms. The molecule has 2 N–H and O–H groups in total. The molecule has 102 valence electrons. The number of carbonyl (C=O) groups excluding carboxylic acids is 1. The number of amides is 1. The molecule has 7 heteroatoms. The first-order valence-corrected chi connectivity index (χ1v) is 6.22. The molecule has 2 aliphatic rings. The predicted molar refractivity (Wildman–Crippen MR) is 63.3 cm³/mol. The molecule has 0 bridgehead atoms. The number of hydrogen-bond acceptors (Lipinski definition) is 5. The number of morpholine rings is 1. The molecule has 0 aromatic rings.